The standard InChI is InChI=1S/C23H20N4O/c1-15-19-11-12-22(28)27(23(19)26-16(2)25-15)14-18-8-4-6-10-21(18)20-9-5-3-7-17(20)13-24/h3-10H,11-12,14H2,1-2H3. The van der Waals surface area contributed by atoms with E-state index in [0.717, 1.165) is 27.9 Å². The minimum Gasteiger partial charge on any atom is -0.292 e. The number of aryl methyl sites for hydroxylation is 2. The number of aromatic nitrogens is 2. The van der Waals surface area contributed by atoms with Crippen LogP contribution in [-0.2, 0) is 17.8 Å². The van der Waals surface area contributed by atoms with Crippen molar-refractivity contribution in [3.63, 3.8) is 0 Å². The van der Waals surface area contributed by atoms with Crippen molar-refractivity contribution in [1.82, 2.24) is 9.97 Å². The van der Waals surface area contributed by atoms with E-state index in [1.807, 2.05) is 62.4 Å². The second-order valence-electron chi connectivity index (χ2n) is 6.95. The first kappa shape index (κ1) is 17.9. The van der Waals surface area contributed by atoms with E-state index < -0.39 is 0 Å². The smallest absolute Gasteiger partial charge is 0.228 e. The molecule has 28 heavy (non-hydrogen) atoms. The van der Waals surface area contributed by atoms with E-state index in [4.69, 9.17) is 0 Å². The van der Waals surface area contributed by atoms with Gasteiger partial charge in [0, 0.05) is 17.7 Å². The molecule has 2 aromatic carbocycles. The lowest BCUT2D eigenvalue weighted by Crippen LogP contribution is -2.36. The molecule has 0 N–H and O–H groups in total. The topological polar surface area (TPSA) is 69.9 Å². The van der Waals surface area contributed by atoms with Crippen LogP contribution in [0.25, 0.3) is 11.1 Å². The lowest BCUT2D eigenvalue weighted by molar-refractivity contribution is -0.119. The first-order chi connectivity index (χ1) is 13.6. The number of carbonyl (C=O) groups excluding carboxylic acids is 1. The maximum absolute atomic E-state index is 12.8. The van der Waals surface area contributed by atoms with Crippen molar-refractivity contribution in [2.24, 2.45) is 0 Å². The Balaban J connectivity index is 1.80. The molecule has 0 fully saturated rings. The fraction of sp³-hybridized carbons (Fsp3) is 0.217. The van der Waals surface area contributed by atoms with E-state index in [1.54, 1.807) is 4.90 Å². The van der Waals surface area contributed by atoms with Crippen molar-refractivity contribution in [3.8, 4) is 17.2 Å². The molecule has 0 aliphatic carbocycles. The number of fused-ring (bicyclic) bond motifs is 1. The molecular formula is C23H20N4O. The third kappa shape index (κ3) is 3.14. The maximum Gasteiger partial charge on any atom is 0.228 e. The fourth-order valence-corrected chi connectivity index (χ4v) is 3.79. The molecule has 1 aromatic heterocycles. The average Bonchev–Trinajstić information content (AvgIpc) is 2.70. The molecule has 3 aromatic rings. The number of hydrogen-bond acceptors (Lipinski definition) is 4. The molecule has 1 aliphatic heterocycles. The Bertz CT molecular complexity index is 1110. The summed E-state index contributed by atoms with van der Waals surface area (Å²) in [5, 5.41) is 9.49. The van der Waals surface area contributed by atoms with E-state index in [0.29, 0.717) is 36.6 Å². The quantitative estimate of drug-likeness (QED) is 0.697. The van der Waals surface area contributed by atoms with Crippen molar-refractivity contribution in [3.05, 3.63) is 76.7 Å². The van der Waals surface area contributed by atoms with Crippen molar-refractivity contribution in [1.29, 1.82) is 5.26 Å². The highest BCUT2D eigenvalue weighted by Crippen LogP contribution is 2.32. The zero-order valence-corrected chi connectivity index (χ0v) is 15.9. The molecule has 2 heterocycles. The molecule has 0 radical (unpaired) electrons. The summed E-state index contributed by atoms with van der Waals surface area (Å²) < 4.78 is 0. The van der Waals surface area contributed by atoms with Crippen LogP contribution in [0.15, 0.2) is 48.5 Å². The number of nitriles is 1. The average molecular weight is 368 g/mol. The van der Waals surface area contributed by atoms with Crippen LogP contribution in [0.5, 0.6) is 0 Å². The van der Waals surface area contributed by atoms with Gasteiger partial charge in [-0.25, -0.2) is 9.97 Å². The summed E-state index contributed by atoms with van der Waals surface area (Å²) in [6, 6.07) is 17.7. The van der Waals surface area contributed by atoms with Gasteiger partial charge in [0.05, 0.1) is 18.2 Å². The highest BCUT2D eigenvalue weighted by Gasteiger charge is 2.28. The molecule has 0 saturated heterocycles. The number of amides is 1. The molecule has 4 rings (SSSR count). The molecule has 5 heteroatoms. The van der Waals surface area contributed by atoms with Gasteiger partial charge in [0.2, 0.25) is 5.91 Å². The monoisotopic (exact) mass is 368 g/mol. The lowest BCUT2D eigenvalue weighted by atomic mass is 9.95. The van der Waals surface area contributed by atoms with Gasteiger partial charge >= 0.3 is 0 Å². The molecule has 0 unspecified atom stereocenters. The number of carbonyl (C=O) groups is 1. The third-order valence-electron chi connectivity index (χ3n) is 5.13. The van der Waals surface area contributed by atoms with Gasteiger partial charge in [-0.2, -0.15) is 5.26 Å². The van der Waals surface area contributed by atoms with Gasteiger partial charge in [0.15, 0.2) is 0 Å². The summed E-state index contributed by atoms with van der Waals surface area (Å²) >= 11 is 0. The van der Waals surface area contributed by atoms with Gasteiger partial charge in [-0.05, 0) is 43.0 Å². The van der Waals surface area contributed by atoms with Crippen molar-refractivity contribution >= 4 is 11.7 Å². The number of nitrogens with zero attached hydrogens (tertiary/aromatic N) is 4. The number of rotatable bonds is 3. The SMILES string of the molecule is Cc1nc(C)c2c(n1)N(Cc1ccccc1-c1ccccc1C#N)C(=O)CC2. The van der Waals surface area contributed by atoms with Gasteiger partial charge < -0.3 is 0 Å². The highest BCUT2D eigenvalue weighted by molar-refractivity contribution is 5.95. The van der Waals surface area contributed by atoms with E-state index in [1.165, 1.54) is 0 Å². The maximum atomic E-state index is 12.8. The number of anilines is 1. The minimum atomic E-state index is 0.0633. The molecule has 1 amide bonds. The van der Waals surface area contributed by atoms with Crippen LogP contribution in [0, 0.1) is 25.2 Å². The second kappa shape index (κ2) is 7.24. The summed E-state index contributed by atoms with van der Waals surface area (Å²) in [6.07, 6.45) is 1.13. The van der Waals surface area contributed by atoms with Crippen molar-refractivity contribution in [2.45, 2.75) is 33.2 Å². The van der Waals surface area contributed by atoms with E-state index in [2.05, 4.69) is 16.0 Å². The van der Waals surface area contributed by atoms with Gasteiger partial charge in [0.25, 0.3) is 0 Å². The van der Waals surface area contributed by atoms with Gasteiger partial charge in [-0.15, -0.1) is 0 Å². The Labute approximate surface area is 164 Å². The Hall–Kier alpha value is -3.52. The largest absolute Gasteiger partial charge is 0.292 e. The van der Waals surface area contributed by atoms with Gasteiger partial charge in [-0.1, -0.05) is 42.5 Å². The Morgan fingerprint density at radius 2 is 1.71 bits per heavy atom. The number of benzene rings is 2. The Morgan fingerprint density at radius 1 is 1.00 bits per heavy atom. The van der Waals surface area contributed by atoms with Crippen LogP contribution in [-0.4, -0.2) is 15.9 Å². The molecule has 0 saturated carbocycles. The van der Waals surface area contributed by atoms with Crippen LogP contribution in [0.3, 0.4) is 0 Å². The van der Waals surface area contributed by atoms with Crippen LogP contribution >= 0.6 is 0 Å². The first-order valence-electron chi connectivity index (χ1n) is 9.30. The highest BCUT2D eigenvalue weighted by atomic mass is 16.2. The third-order valence-corrected chi connectivity index (χ3v) is 5.13. The second-order valence-corrected chi connectivity index (χ2v) is 6.95. The van der Waals surface area contributed by atoms with Crippen LogP contribution < -0.4 is 4.90 Å². The summed E-state index contributed by atoms with van der Waals surface area (Å²) in [6.45, 7) is 4.23. The van der Waals surface area contributed by atoms with Crippen molar-refractivity contribution in [2.75, 3.05) is 4.90 Å². The molecule has 5 nitrogen and oxygen atoms in total. The summed E-state index contributed by atoms with van der Waals surface area (Å²) in [7, 11) is 0. The molecule has 1 aliphatic rings. The van der Waals surface area contributed by atoms with Crippen LogP contribution in [0.2, 0.25) is 0 Å². The molecular weight excluding hydrogens is 348 g/mol. The van der Waals surface area contributed by atoms with Gasteiger partial charge in [0.1, 0.15) is 11.6 Å². The van der Waals surface area contributed by atoms with Crippen molar-refractivity contribution < 1.29 is 4.79 Å². The summed E-state index contributed by atoms with van der Waals surface area (Å²) in [4.78, 5) is 23.6. The van der Waals surface area contributed by atoms with Gasteiger partial charge in [-0.3, -0.25) is 9.69 Å². The van der Waals surface area contributed by atoms with E-state index >= 15 is 0 Å². The predicted octanol–water partition coefficient (Wildman–Crippen LogP) is 4.11. The zero-order chi connectivity index (χ0) is 19.7. The lowest BCUT2D eigenvalue weighted by Gasteiger charge is -2.30. The van der Waals surface area contributed by atoms with E-state index in [9.17, 15) is 10.1 Å². The molecule has 0 bridgehead atoms. The Morgan fingerprint density at radius 3 is 2.50 bits per heavy atom. The van der Waals surface area contributed by atoms with Crippen LogP contribution in [0.4, 0.5) is 5.82 Å². The zero-order valence-electron chi connectivity index (χ0n) is 15.9. The Kier molecular flexibility index (Phi) is 4.62. The van der Waals surface area contributed by atoms with Crippen LogP contribution in [0.1, 0.15) is 34.6 Å². The molecule has 0 spiro atoms. The molecule has 138 valence electrons. The summed E-state index contributed by atoms with van der Waals surface area (Å²) in [5.74, 6) is 1.44. The normalized spacial score (nSPS) is 13.2. The predicted molar refractivity (Wildman–Crippen MR) is 108 cm³/mol. The fourth-order valence-electron chi connectivity index (χ4n) is 3.79. The summed E-state index contributed by atoms with van der Waals surface area (Å²) in [5.41, 5.74) is 5.42. The molecule has 0 atom stereocenters. The minimum absolute atomic E-state index is 0.0633. The number of hydrogen-bond donors (Lipinski definition) is 0. The van der Waals surface area contributed by atoms with E-state index in [-0.39, 0.29) is 5.91 Å². The first-order valence-corrected chi connectivity index (χ1v) is 9.30.